The van der Waals surface area contributed by atoms with Crippen LogP contribution >= 0.6 is 0 Å². The van der Waals surface area contributed by atoms with Gasteiger partial charge in [0.15, 0.2) is 9.84 Å². The van der Waals surface area contributed by atoms with Gasteiger partial charge in [0, 0.05) is 12.8 Å². The van der Waals surface area contributed by atoms with Gasteiger partial charge in [-0.1, -0.05) is 6.07 Å². The van der Waals surface area contributed by atoms with Crippen LogP contribution in [0.3, 0.4) is 0 Å². The summed E-state index contributed by atoms with van der Waals surface area (Å²) in [6.45, 7) is 0.985. The van der Waals surface area contributed by atoms with Crippen molar-refractivity contribution in [2.24, 2.45) is 0 Å². The first-order valence-corrected chi connectivity index (χ1v) is 8.01. The normalized spacial score (nSPS) is 11.6. The minimum atomic E-state index is -3.24. The number of carbonyl (C=O) groups is 1. The van der Waals surface area contributed by atoms with Crippen molar-refractivity contribution in [3.8, 4) is 5.75 Å². The number of hydrogen-bond donors (Lipinski definition) is 1. The van der Waals surface area contributed by atoms with Crippen molar-refractivity contribution in [2.75, 3.05) is 33.0 Å². The lowest BCUT2D eigenvalue weighted by molar-refractivity contribution is -0.138. The fraction of sp³-hybridized carbons (Fsp3) is 0.462. The van der Waals surface area contributed by atoms with Crippen molar-refractivity contribution in [3.63, 3.8) is 0 Å². The molecule has 112 valence electrons. The Kier molecular flexibility index (Phi) is 5.97. The molecule has 0 spiro atoms. The summed E-state index contributed by atoms with van der Waals surface area (Å²) in [5.74, 6) is -0.372. The maximum atomic E-state index is 11.4. The molecule has 0 saturated heterocycles. The number of ether oxygens (including phenoxy) is 1. The SMILES string of the molecule is CN(CCCOc1cccc(S(C)(=O)=O)c1)CC(=O)O. The van der Waals surface area contributed by atoms with Crippen molar-refractivity contribution in [3.05, 3.63) is 24.3 Å². The molecule has 1 aromatic carbocycles. The fourth-order valence-corrected chi connectivity index (χ4v) is 2.29. The molecular formula is C13H19NO5S. The Morgan fingerprint density at radius 2 is 2.10 bits per heavy atom. The van der Waals surface area contributed by atoms with Crippen molar-refractivity contribution in [2.45, 2.75) is 11.3 Å². The molecule has 0 aliphatic rings. The number of carboxylic acids is 1. The summed E-state index contributed by atoms with van der Waals surface area (Å²) in [5, 5.41) is 8.60. The number of rotatable bonds is 8. The van der Waals surface area contributed by atoms with Crippen LogP contribution < -0.4 is 4.74 Å². The third-order valence-electron chi connectivity index (χ3n) is 2.59. The predicted molar refractivity (Wildman–Crippen MR) is 74.8 cm³/mol. The second-order valence-electron chi connectivity index (χ2n) is 4.58. The Labute approximate surface area is 118 Å². The van der Waals surface area contributed by atoms with E-state index in [1.807, 2.05) is 0 Å². The van der Waals surface area contributed by atoms with E-state index in [4.69, 9.17) is 9.84 Å². The van der Waals surface area contributed by atoms with Crippen molar-refractivity contribution in [1.29, 1.82) is 0 Å². The Balaban J connectivity index is 2.41. The summed E-state index contributed by atoms with van der Waals surface area (Å²) in [4.78, 5) is 12.4. The first kappa shape index (κ1) is 16.5. The average molecular weight is 301 g/mol. The fourth-order valence-electron chi connectivity index (χ4n) is 1.63. The number of hydrogen-bond acceptors (Lipinski definition) is 5. The van der Waals surface area contributed by atoms with Crippen LogP contribution in [-0.2, 0) is 14.6 Å². The number of likely N-dealkylation sites (N-methyl/N-ethyl adjacent to an activating group) is 1. The quantitative estimate of drug-likeness (QED) is 0.717. The number of sulfone groups is 1. The Bertz CT molecular complexity index is 556. The van der Waals surface area contributed by atoms with E-state index in [1.165, 1.54) is 12.1 Å². The standard InChI is InChI=1S/C13H19NO5S/c1-14(10-13(15)16)7-4-8-19-11-5-3-6-12(9-11)20(2,17)18/h3,5-6,9H,4,7-8,10H2,1-2H3,(H,15,16). The largest absolute Gasteiger partial charge is 0.494 e. The molecule has 1 rings (SSSR count). The molecule has 0 radical (unpaired) electrons. The van der Waals surface area contributed by atoms with Gasteiger partial charge < -0.3 is 9.84 Å². The molecule has 0 unspecified atom stereocenters. The second kappa shape index (κ2) is 7.25. The zero-order valence-corrected chi connectivity index (χ0v) is 12.4. The highest BCUT2D eigenvalue weighted by atomic mass is 32.2. The van der Waals surface area contributed by atoms with E-state index in [9.17, 15) is 13.2 Å². The van der Waals surface area contributed by atoms with Crippen LogP contribution in [0.5, 0.6) is 5.75 Å². The first-order valence-electron chi connectivity index (χ1n) is 6.12. The third kappa shape index (κ3) is 6.03. The van der Waals surface area contributed by atoms with E-state index >= 15 is 0 Å². The van der Waals surface area contributed by atoms with Gasteiger partial charge in [-0.05, 0) is 31.7 Å². The molecule has 0 aliphatic heterocycles. The van der Waals surface area contributed by atoms with Crippen LogP contribution in [0, 0.1) is 0 Å². The molecule has 0 fully saturated rings. The summed E-state index contributed by atoms with van der Waals surface area (Å²) in [7, 11) is -1.52. The molecule has 0 saturated carbocycles. The summed E-state index contributed by atoms with van der Waals surface area (Å²) >= 11 is 0. The maximum absolute atomic E-state index is 11.4. The van der Waals surface area contributed by atoms with Crippen LogP contribution in [-0.4, -0.2) is 57.4 Å². The number of carboxylic acid groups (broad SMARTS) is 1. The molecule has 0 aromatic heterocycles. The minimum absolute atomic E-state index is 0.0104. The molecule has 0 bridgehead atoms. The van der Waals surface area contributed by atoms with Crippen molar-refractivity contribution in [1.82, 2.24) is 4.90 Å². The van der Waals surface area contributed by atoms with Crippen molar-refractivity contribution < 1.29 is 23.1 Å². The van der Waals surface area contributed by atoms with Crippen LogP contribution in [0.4, 0.5) is 0 Å². The number of aliphatic carboxylic acids is 1. The van der Waals surface area contributed by atoms with Crippen LogP contribution in [0.15, 0.2) is 29.2 Å². The van der Waals surface area contributed by atoms with Crippen molar-refractivity contribution >= 4 is 15.8 Å². The second-order valence-corrected chi connectivity index (χ2v) is 6.60. The van der Waals surface area contributed by atoms with E-state index in [-0.39, 0.29) is 11.4 Å². The molecule has 0 atom stereocenters. The van der Waals surface area contributed by atoms with Crippen LogP contribution in [0.2, 0.25) is 0 Å². The van der Waals surface area contributed by atoms with Gasteiger partial charge in [0.2, 0.25) is 0 Å². The molecule has 6 nitrogen and oxygen atoms in total. The molecule has 20 heavy (non-hydrogen) atoms. The topological polar surface area (TPSA) is 83.9 Å². The van der Waals surface area contributed by atoms with E-state index in [2.05, 4.69) is 0 Å². The highest BCUT2D eigenvalue weighted by Gasteiger charge is 2.08. The molecule has 0 heterocycles. The van der Waals surface area contributed by atoms with Gasteiger partial charge in [0.25, 0.3) is 0 Å². The van der Waals surface area contributed by atoms with Gasteiger partial charge in [-0.3, -0.25) is 9.69 Å². The van der Waals surface area contributed by atoms with E-state index in [0.29, 0.717) is 25.3 Å². The van der Waals surface area contributed by atoms with Gasteiger partial charge in [-0.25, -0.2) is 8.42 Å². The van der Waals surface area contributed by atoms with Gasteiger partial charge in [0.1, 0.15) is 5.75 Å². The zero-order chi connectivity index (χ0) is 15.2. The highest BCUT2D eigenvalue weighted by molar-refractivity contribution is 7.90. The van der Waals surface area contributed by atoms with Gasteiger partial charge in [-0.2, -0.15) is 0 Å². The number of nitrogens with zero attached hydrogens (tertiary/aromatic N) is 1. The third-order valence-corrected chi connectivity index (χ3v) is 3.70. The zero-order valence-electron chi connectivity index (χ0n) is 11.6. The molecule has 7 heteroatoms. The van der Waals surface area contributed by atoms with Gasteiger partial charge in [0.05, 0.1) is 18.0 Å². The number of benzene rings is 1. The molecular weight excluding hydrogens is 282 g/mol. The Morgan fingerprint density at radius 1 is 1.40 bits per heavy atom. The first-order chi connectivity index (χ1) is 9.29. The Morgan fingerprint density at radius 3 is 2.70 bits per heavy atom. The van der Waals surface area contributed by atoms with Crippen LogP contribution in [0.25, 0.3) is 0 Å². The van der Waals surface area contributed by atoms with Gasteiger partial charge in [-0.15, -0.1) is 0 Å². The predicted octanol–water partition coefficient (Wildman–Crippen LogP) is 0.875. The van der Waals surface area contributed by atoms with E-state index in [0.717, 1.165) is 6.26 Å². The summed E-state index contributed by atoms with van der Waals surface area (Å²) < 4.78 is 28.2. The lowest BCUT2D eigenvalue weighted by Crippen LogP contribution is -2.27. The average Bonchev–Trinajstić information content (AvgIpc) is 2.33. The van der Waals surface area contributed by atoms with E-state index < -0.39 is 15.8 Å². The van der Waals surface area contributed by atoms with Crippen LogP contribution in [0.1, 0.15) is 6.42 Å². The lowest BCUT2D eigenvalue weighted by Gasteiger charge is -2.14. The summed E-state index contributed by atoms with van der Waals surface area (Å²) in [6, 6.07) is 6.32. The smallest absolute Gasteiger partial charge is 0.317 e. The highest BCUT2D eigenvalue weighted by Crippen LogP contribution is 2.17. The lowest BCUT2D eigenvalue weighted by atomic mass is 10.3. The summed E-state index contributed by atoms with van der Waals surface area (Å²) in [6.07, 6.45) is 1.81. The molecule has 0 aliphatic carbocycles. The van der Waals surface area contributed by atoms with Gasteiger partial charge >= 0.3 is 5.97 Å². The Hall–Kier alpha value is -1.60. The summed E-state index contributed by atoms with van der Waals surface area (Å²) in [5.41, 5.74) is 0. The monoisotopic (exact) mass is 301 g/mol. The minimum Gasteiger partial charge on any atom is -0.494 e. The molecule has 1 aromatic rings. The molecule has 1 N–H and O–H groups in total. The maximum Gasteiger partial charge on any atom is 0.317 e. The molecule has 0 amide bonds. The van der Waals surface area contributed by atoms with E-state index in [1.54, 1.807) is 24.1 Å².